The summed E-state index contributed by atoms with van der Waals surface area (Å²) in [6.07, 6.45) is -4.96. The predicted octanol–water partition coefficient (Wildman–Crippen LogP) is 3.67. The quantitative estimate of drug-likeness (QED) is 0.274. The number of Topliss-reactive ketones (excluding diaryl/α,β-unsaturated/α-hetero) is 1. The summed E-state index contributed by atoms with van der Waals surface area (Å²) in [6, 6.07) is 5.41. The van der Waals surface area contributed by atoms with Crippen LogP contribution in [0, 0.1) is 17.1 Å². The third kappa shape index (κ3) is 7.09. The van der Waals surface area contributed by atoms with Crippen molar-refractivity contribution in [2.45, 2.75) is 32.7 Å². The monoisotopic (exact) mass is 552 g/mol. The maximum atomic E-state index is 14.5. The molecule has 0 radical (unpaired) electrons. The molecule has 1 saturated heterocycles. The predicted molar refractivity (Wildman–Crippen MR) is 130 cm³/mol. The van der Waals surface area contributed by atoms with E-state index in [2.05, 4.69) is 15.4 Å². The van der Waals surface area contributed by atoms with Crippen LogP contribution in [0.5, 0.6) is 5.75 Å². The van der Waals surface area contributed by atoms with Gasteiger partial charge in [0.2, 0.25) is 11.8 Å². The van der Waals surface area contributed by atoms with E-state index in [-0.39, 0.29) is 35.7 Å². The zero-order valence-electron chi connectivity index (χ0n) is 20.7. The molecule has 0 saturated carbocycles. The fraction of sp³-hybridized carbons (Fsp3) is 0.320. The summed E-state index contributed by atoms with van der Waals surface area (Å²) in [4.78, 5) is 50.3. The SMILES string of the molecule is CC(=O)C(=N)c1ccc(C(=O)O)cc1NCC(=O)N1C[C@@H](C)C[C@H]1C(=O)Nc1cccc(OC(F)(F)F)c1F. The van der Waals surface area contributed by atoms with Gasteiger partial charge in [0.15, 0.2) is 17.3 Å². The van der Waals surface area contributed by atoms with Crippen LogP contribution in [0.3, 0.4) is 0 Å². The summed E-state index contributed by atoms with van der Waals surface area (Å²) >= 11 is 0. The average Bonchev–Trinajstić information content (AvgIpc) is 3.25. The molecule has 1 aliphatic rings. The van der Waals surface area contributed by atoms with Crippen LogP contribution in [0.1, 0.15) is 36.2 Å². The van der Waals surface area contributed by atoms with E-state index >= 15 is 0 Å². The molecule has 0 aromatic heterocycles. The highest BCUT2D eigenvalue weighted by atomic mass is 19.4. The zero-order chi connectivity index (χ0) is 29.1. The molecule has 0 aliphatic carbocycles. The molecule has 0 spiro atoms. The molecule has 0 bridgehead atoms. The molecule has 39 heavy (non-hydrogen) atoms. The highest BCUT2D eigenvalue weighted by molar-refractivity contribution is 6.45. The summed E-state index contributed by atoms with van der Waals surface area (Å²) in [6.45, 7) is 2.62. The number of ether oxygens (including phenoxy) is 1. The van der Waals surface area contributed by atoms with Gasteiger partial charge in [0.05, 0.1) is 17.8 Å². The van der Waals surface area contributed by atoms with Crippen LogP contribution in [-0.4, -0.2) is 64.8 Å². The molecule has 4 N–H and O–H groups in total. The lowest BCUT2D eigenvalue weighted by Crippen LogP contribution is -2.45. The molecule has 2 amide bonds. The second-order valence-electron chi connectivity index (χ2n) is 8.91. The number of hydrogen-bond donors (Lipinski definition) is 4. The molecule has 0 unspecified atom stereocenters. The van der Waals surface area contributed by atoms with Gasteiger partial charge in [-0.05, 0) is 42.7 Å². The summed E-state index contributed by atoms with van der Waals surface area (Å²) in [5.41, 5.74) is -1.02. The minimum atomic E-state index is -5.15. The van der Waals surface area contributed by atoms with E-state index in [0.717, 1.165) is 31.2 Å². The third-order valence-electron chi connectivity index (χ3n) is 5.90. The lowest BCUT2D eigenvalue weighted by atomic mass is 10.0. The number of carbonyl (C=O) groups is 4. The van der Waals surface area contributed by atoms with E-state index in [1.165, 1.54) is 17.0 Å². The zero-order valence-corrected chi connectivity index (χ0v) is 20.7. The third-order valence-corrected chi connectivity index (χ3v) is 5.90. The maximum absolute atomic E-state index is 14.5. The molecule has 14 heteroatoms. The number of nitrogens with one attached hydrogen (secondary N) is 3. The van der Waals surface area contributed by atoms with Crippen molar-refractivity contribution in [1.29, 1.82) is 5.41 Å². The maximum Gasteiger partial charge on any atom is 0.573 e. The molecular weight excluding hydrogens is 528 g/mol. The summed E-state index contributed by atoms with van der Waals surface area (Å²) in [7, 11) is 0. The number of hydrogen-bond acceptors (Lipinski definition) is 7. The van der Waals surface area contributed by atoms with Gasteiger partial charge in [0.1, 0.15) is 11.8 Å². The Balaban J connectivity index is 1.77. The minimum Gasteiger partial charge on any atom is -0.478 e. The van der Waals surface area contributed by atoms with Crippen LogP contribution in [0.2, 0.25) is 0 Å². The number of carboxylic acids is 1. The Bertz CT molecular complexity index is 1330. The van der Waals surface area contributed by atoms with Crippen LogP contribution in [0.25, 0.3) is 0 Å². The van der Waals surface area contributed by atoms with Crippen LogP contribution in [0.4, 0.5) is 28.9 Å². The number of benzene rings is 2. The first kappa shape index (κ1) is 29.1. The van der Waals surface area contributed by atoms with Crippen LogP contribution >= 0.6 is 0 Å². The number of carboxylic acid groups (broad SMARTS) is 1. The average molecular weight is 552 g/mol. The van der Waals surface area contributed by atoms with Gasteiger partial charge >= 0.3 is 12.3 Å². The first-order chi connectivity index (χ1) is 18.2. The Morgan fingerprint density at radius 3 is 2.46 bits per heavy atom. The lowest BCUT2D eigenvalue weighted by Gasteiger charge is -2.25. The van der Waals surface area contributed by atoms with Gasteiger partial charge in [-0.1, -0.05) is 13.0 Å². The number of amides is 2. The normalized spacial score (nSPS) is 16.9. The highest BCUT2D eigenvalue weighted by Gasteiger charge is 2.38. The first-order valence-corrected chi connectivity index (χ1v) is 11.5. The van der Waals surface area contributed by atoms with Crippen molar-refractivity contribution in [3.63, 3.8) is 0 Å². The number of nitrogens with zero attached hydrogens (tertiary/aromatic N) is 1. The molecule has 1 heterocycles. The van der Waals surface area contributed by atoms with Crippen LogP contribution < -0.4 is 15.4 Å². The van der Waals surface area contributed by atoms with Crippen molar-refractivity contribution in [3.05, 3.63) is 53.3 Å². The van der Waals surface area contributed by atoms with Gasteiger partial charge < -0.3 is 25.4 Å². The number of anilines is 2. The Hall–Kier alpha value is -4.49. The minimum absolute atomic E-state index is 0.0419. The molecule has 2 atom stereocenters. The number of rotatable bonds is 9. The second-order valence-corrected chi connectivity index (χ2v) is 8.91. The smallest absolute Gasteiger partial charge is 0.478 e. The van der Waals surface area contributed by atoms with Gasteiger partial charge in [0, 0.05) is 24.7 Å². The number of carbonyl (C=O) groups excluding carboxylic acids is 3. The largest absolute Gasteiger partial charge is 0.573 e. The summed E-state index contributed by atoms with van der Waals surface area (Å²) < 4.78 is 55.7. The summed E-state index contributed by atoms with van der Waals surface area (Å²) in [5.74, 6) is -6.01. The van der Waals surface area contributed by atoms with E-state index in [0.29, 0.717) is 0 Å². The molecule has 3 rings (SSSR count). The Labute approximate surface area is 219 Å². The fourth-order valence-electron chi connectivity index (χ4n) is 4.10. The van der Waals surface area contributed by atoms with Crippen LogP contribution in [-0.2, 0) is 14.4 Å². The van der Waals surface area contributed by atoms with Gasteiger partial charge in [-0.2, -0.15) is 0 Å². The first-order valence-electron chi connectivity index (χ1n) is 11.5. The lowest BCUT2D eigenvalue weighted by molar-refractivity contribution is -0.275. The van der Waals surface area contributed by atoms with E-state index < -0.39 is 65.5 Å². The molecular formula is C25H24F4N4O6. The number of ketones is 1. The Morgan fingerprint density at radius 2 is 1.85 bits per heavy atom. The standard InChI is InChI=1S/C25H24F4N4O6/c1-12-8-18(23(36)32-16-4-3-5-19(21(16)26)39-25(27,28)29)33(11-12)20(35)10-31-17-9-14(24(37)38)6-7-15(17)22(30)13(2)34/h3-7,9,12,18,30-31H,8,10-11H2,1-2H3,(H,32,36)(H,37,38)/t12-,18-/m0/s1. The van der Waals surface area contributed by atoms with Gasteiger partial charge in [-0.15, -0.1) is 13.2 Å². The number of halogens is 4. The van der Waals surface area contributed by atoms with E-state index in [1.807, 2.05) is 0 Å². The highest BCUT2D eigenvalue weighted by Crippen LogP contribution is 2.31. The molecule has 2 aromatic carbocycles. The van der Waals surface area contributed by atoms with Gasteiger partial charge in [-0.25, -0.2) is 9.18 Å². The molecule has 208 valence electrons. The second kappa shape index (κ2) is 11.5. The van der Waals surface area contributed by atoms with E-state index in [4.69, 9.17) is 5.41 Å². The molecule has 1 fully saturated rings. The van der Waals surface area contributed by atoms with Crippen molar-refractivity contribution < 1.29 is 46.6 Å². The van der Waals surface area contributed by atoms with E-state index in [1.54, 1.807) is 6.92 Å². The Kier molecular flexibility index (Phi) is 8.57. The molecule has 1 aliphatic heterocycles. The van der Waals surface area contributed by atoms with Crippen molar-refractivity contribution in [1.82, 2.24) is 4.90 Å². The summed E-state index contributed by atoms with van der Waals surface area (Å²) in [5, 5.41) is 22.2. The molecule has 10 nitrogen and oxygen atoms in total. The number of likely N-dealkylation sites (tertiary alicyclic amines) is 1. The fourth-order valence-corrected chi connectivity index (χ4v) is 4.10. The van der Waals surface area contributed by atoms with Crippen molar-refractivity contribution in [2.24, 2.45) is 5.92 Å². The van der Waals surface area contributed by atoms with Crippen molar-refractivity contribution in [3.8, 4) is 5.75 Å². The number of aromatic carboxylic acids is 1. The van der Waals surface area contributed by atoms with Crippen molar-refractivity contribution in [2.75, 3.05) is 23.7 Å². The topological polar surface area (TPSA) is 149 Å². The van der Waals surface area contributed by atoms with Gasteiger partial charge in [0.25, 0.3) is 0 Å². The van der Waals surface area contributed by atoms with Crippen molar-refractivity contribution >= 4 is 40.7 Å². The number of alkyl halides is 3. The Morgan fingerprint density at radius 1 is 1.15 bits per heavy atom. The van der Waals surface area contributed by atoms with Gasteiger partial charge in [-0.3, -0.25) is 19.8 Å². The molecule has 2 aromatic rings. The van der Waals surface area contributed by atoms with E-state index in [9.17, 15) is 41.8 Å². The van der Waals surface area contributed by atoms with Crippen LogP contribution in [0.15, 0.2) is 36.4 Å².